The highest BCUT2D eigenvalue weighted by Crippen LogP contribution is 2.55. The summed E-state index contributed by atoms with van der Waals surface area (Å²) >= 11 is 0. The topological polar surface area (TPSA) is 59.8 Å². The van der Waals surface area contributed by atoms with Crippen LogP contribution in [0.2, 0.25) is 0 Å². The van der Waals surface area contributed by atoms with E-state index in [-0.39, 0.29) is 18.3 Å². The average Bonchev–Trinajstić information content (AvgIpc) is 3.17. The van der Waals surface area contributed by atoms with Crippen LogP contribution in [0, 0.1) is 0 Å². The van der Waals surface area contributed by atoms with Gasteiger partial charge in [0.25, 0.3) is 5.91 Å². The molecule has 1 aromatic carbocycles. The molecule has 2 atom stereocenters. The van der Waals surface area contributed by atoms with Gasteiger partial charge in [0.2, 0.25) is 5.60 Å². The number of nitrogens with zero attached hydrogens (tertiary/aromatic N) is 1. The molecule has 0 saturated carbocycles. The quantitative estimate of drug-likeness (QED) is 0.753. The minimum Gasteiger partial charge on any atom is -0.469 e. The molecule has 1 spiro atoms. The fourth-order valence-electron chi connectivity index (χ4n) is 3.38. The van der Waals surface area contributed by atoms with Crippen LogP contribution < -0.4 is 4.90 Å². The van der Waals surface area contributed by atoms with E-state index >= 15 is 0 Å². The number of likely N-dealkylation sites (N-methyl/N-ethyl adjacent to an activating group) is 1. The van der Waals surface area contributed by atoms with Crippen molar-refractivity contribution in [1.82, 2.24) is 0 Å². The van der Waals surface area contributed by atoms with Gasteiger partial charge in [-0.1, -0.05) is 18.2 Å². The third kappa shape index (κ3) is 1.40. The van der Waals surface area contributed by atoms with Crippen LogP contribution >= 0.6 is 0 Å². The normalized spacial score (nSPS) is 27.3. The number of fused-ring (bicyclic) bond motifs is 2. The van der Waals surface area contributed by atoms with Crippen molar-refractivity contribution < 1.29 is 18.7 Å². The van der Waals surface area contributed by atoms with Crippen LogP contribution in [0.1, 0.15) is 23.7 Å². The molecule has 5 heteroatoms. The molecule has 3 heterocycles. The summed E-state index contributed by atoms with van der Waals surface area (Å²) in [6.45, 7) is 0. The first-order valence-corrected chi connectivity index (χ1v) is 6.77. The number of carbonyl (C=O) groups excluding carboxylic acids is 2. The van der Waals surface area contributed by atoms with Crippen molar-refractivity contribution in [3.63, 3.8) is 0 Å². The molecule has 0 N–H and O–H groups in total. The number of amides is 1. The first-order valence-electron chi connectivity index (χ1n) is 6.77. The first-order chi connectivity index (χ1) is 10.1. The predicted octanol–water partition coefficient (Wildman–Crippen LogP) is 2.18. The monoisotopic (exact) mass is 283 g/mol. The molecule has 2 aromatic rings. The van der Waals surface area contributed by atoms with Crippen LogP contribution in [0.5, 0.6) is 0 Å². The molecule has 5 nitrogen and oxygen atoms in total. The summed E-state index contributed by atoms with van der Waals surface area (Å²) in [6, 6.07) is 10.9. The third-order valence-electron chi connectivity index (χ3n) is 4.31. The van der Waals surface area contributed by atoms with Gasteiger partial charge in [-0.3, -0.25) is 9.59 Å². The lowest BCUT2D eigenvalue weighted by Crippen LogP contribution is -2.42. The molecule has 1 saturated heterocycles. The Balaban J connectivity index is 1.96. The number of benzene rings is 1. The highest BCUT2D eigenvalue weighted by molar-refractivity contribution is 6.09. The molecular weight excluding hydrogens is 270 g/mol. The second kappa shape index (κ2) is 3.97. The maximum atomic E-state index is 12.8. The maximum absolute atomic E-state index is 12.8. The molecular formula is C16H13NO4. The van der Waals surface area contributed by atoms with Crippen molar-refractivity contribution >= 4 is 17.6 Å². The Morgan fingerprint density at radius 3 is 2.76 bits per heavy atom. The highest BCUT2D eigenvalue weighted by atomic mass is 16.6. The Kier molecular flexibility index (Phi) is 2.31. The summed E-state index contributed by atoms with van der Waals surface area (Å²) in [5.74, 6) is -0.441. The van der Waals surface area contributed by atoms with Gasteiger partial charge in [0, 0.05) is 12.6 Å². The fraction of sp³-hybridized carbons (Fsp3) is 0.250. The minimum absolute atomic E-state index is 0.140. The van der Waals surface area contributed by atoms with E-state index in [1.165, 1.54) is 0 Å². The van der Waals surface area contributed by atoms with Crippen LogP contribution in [0.4, 0.5) is 5.69 Å². The van der Waals surface area contributed by atoms with Crippen LogP contribution in [-0.4, -0.2) is 18.9 Å². The van der Waals surface area contributed by atoms with Crippen LogP contribution in [0.25, 0.3) is 0 Å². The van der Waals surface area contributed by atoms with Crippen LogP contribution in [0.15, 0.2) is 47.1 Å². The van der Waals surface area contributed by atoms with Gasteiger partial charge in [-0.25, -0.2) is 0 Å². The summed E-state index contributed by atoms with van der Waals surface area (Å²) < 4.78 is 11.0. The molecule has 1 aromatic heterocycles. The SMILES string of the molecule is CN1C(=O)[C@]2(OC(=O)C[C@@H]2c2ccco2)c2ccccc21. The van der Waals surface area contributed by atoms with Gasteiger partial charge in [0.15, 0.2) is 0 Å². The summed E-state index contributed by atoms with van der Waals surface area (Å²) in [4.78, 5) is 26.3. The van der Waals surface area contributed by atoms with Crippen molar-refractivity contribution in [2.45, 2.75) is 17.9 Å². The highest BCUT2D eigenvalue weighted by Gasteiger charge is 2.63. The molecule has 0 aliphatic carbocycles. The molecule has 21 heavy (non-hydrogen) atoms. The van der Waals surface area contributed by atoms with Crippen molar-refractivity contribution in [1.29, 1.82) is 0 Å². The zero-order valence-electron chi connectivity index (χ0n) is 11.4. The number of anilines is 1. The number of para-hydroxylation sites is 1. The van der Waals surface area contributed by atoms with E-state index in [2.05, 4.69) is 0 Å². The first kappa shape index (κ1) is 12.2. The predicted molar refractivity (Wildman–Crippen MR) is 73.7 cm³/mol. The van der Waals surface area contributed by atoms with Crippen LogP contribution in [0.3, 0.4) is 0 Å². The lowest BCUT2D eigenvalue weighted by atomic mass is 9.81. The molecule has 0 radical (unpaired) electrons. The van der Waals surface area contributed by atoms with E-state index in [0.717, 1.165) is 11.3 Å². The molecule has 1 fully saturated rings. The fourth-order valence-corrected chi connectivity index (χ4v) is 3.38. The Morgan fingerprint density at radius 2 is 2.00 bits per heavy atom. The number of carbonyl (C=O) groups is 2. The lowest BCUT2D eigenvalue weighted by Gasteiger charge is -2.26. The second-order valence-corrected chi connectivity index (χ2v) is 5.36. The van der Waals surface area contributed by atoms with Gasteiger partial charge in [0.05, 0.1) is 24.3 Å². The maximum Gasteiger partial charge on any atom is 0.308 e. The molecule has 1 amide bonds. The molecule has 2 aliphatic rings. The molecule has 4 rings (SSSR count). The molecule has 0 unspecified atom stereocenters. The molecule has 2 aliphatic heterocycles. The number of ether oxygens (including phenoxy) is 1. The van der Waals surface area contributed by atoms with Crippen molar-refractivity contribution in [3.05, 3.63) is 54.0 Å². The van der Waals surface area contributed by atoms with E-state index < -0.39 is 11.5 Å². The van der Waals surface area contributed by atoms with Gasteiger partial charge >= 0.3 is 5.97 Å². The van der Waals surface area contributed by atoms with Gasteiger partial charge < -0.3 is 14.1 Å². The zero-order valence-corrected chi connectivity index (χ0v) is 11.4. The largest absolute Gasteiger partial charge is 0.469 e. The lowest BCUT2D eigenvalue weighted by molar-refractivity contribution is -0.158. The zero-order chi connectivity index (χ0) is 14.6. The summed E-state index contributed by atoms with van der Waals surface area (Å²) in [7, 11) is 1.70. The Hall–Kier alpha value is -2.56. The summed E-state index contributed by atoms with van der Waals surface area (Å²) in [5.41, 5.74) is 0.207. The second-order valence-electron chi connectivity index (χ2n) is 5.36. The minimum atomic E-state index is -1.29. The molecule has 0 bridgehead atoms. The van der Waals surface area contributed by atoms with E-state index in [4.69, 9.17) is 9.15 Å². The van der Waals surface area contributed by atoms with Gasteiger partial charge in [-0.15, -0.1) is 0 Å². The number of rotatable bonds is 1. The third-order valence-corrected chi connectivity index (χ3v) is 4.31. The summed E-state index contributed by atoms with van der Waals surface area (Å²) in [6.07, 6.45) is 1.68. The van der Waals surface area contributed by atoms with Gasteiger partial charge in [0.1, 0.15) is 5.76 Å². The van der Waals surface area contributed by atoms with E-state index in [1.807, 2.05) is 24.3 Å². The average molecular weight is 283 g/mol. The standard InChI is InChI=1S/C16H13NO4/c1-17-12-6-3-2-5-10(12)16(15(17)19)11(9-14(18)21-16)13-7-4-8-20-13/h2-8,11H,9H2,1H3/t11-,16+/m1/s1. The van der Waals surface area contributed by atoms with E-state index in [0.29, 0.717) is 5.76 Å². The molecule has 106 valence electrons. The Morgan fingerprint density at radius 1 is 1.19 bits per heavy atom. The van der Waals surface area contributed by atoms with Crippen LogP contribution in [-0.2, 0) is 19.9 Å². The number of hydrogen-bond donors (Lipinski definition) is 0. The van der Waals surface area contributed by atoms with Crippen molar-refractivity contribution in [2.75, 3.05) is 11.9 Å². The van der Waals surface area contributed by atoms with E-state index in [1.54, 1.807) is 30.3 Å². The number of hydrogen-bond acceptors (Lipinski definition) is 4. The van der Waals surface area contributed by atoms with E-state index in [9.17, 15) is 9.59 Å². The summed E-state index contributed by atoms with van der Waals surface area (Å²) in [5, 5.41) is 0. The van der Waals surface area contributed by atoms with Crippen molar-refractivity contribution in [2.24, 2.45) is 0 Å². The number of furan rings is 1. The van der Waals surface area contributed by atoms with Crippen molar-refractivity contribution in [3.8, 4) is 0 Å². The van der Waals surface area contributed by atoms with Gasteiger partial charge in [-0.2, -0.15) is 0 Å². The van der Waals surface area contributed by atoms with Gasteiger partial charge in [-0.05, 0) is 18.2 Å². The Bertz CT molecular complexity index is 736. The Labute approximate surface area is 121 Å². The smallest absolute Gasteiger partial charge is 0.308 e. The number of esters is 1.